The van der Waals surface area contributed by atoms with Crippen molar-refractivity contribution in [2.75, 3.05) is 52.7 Å². The summed E-state index contributed by atoms with van der Waals surface area (Å²) in [5.74, 6) is 0.813. The molecule has 1 aliphatic heterocycles. The Morgan fingerprint density at radius 1 is 1.03 bits per heavy atom. The van der Waals surface area contributed by atoms with Crippen molar-refractivity contribution in [3.63, 3.8) is 0 Å². The summed E-state index contributed by atoms with van der Waals surface area (Å²) in [7, 11) is -1.60. The van der Waals surface area contributed by atoms with Crippen LogP contribution in [0, 0.1) is 12.7 Å². The second-order valence-electron chi connectivity index (χ2n) is 9.30. The summed E-state index contributed by atoms with van der Waals surface area (Å²) in [5, 5.41) is 1.01. The highest BCUT2D eigenvalue weighted by atomic mass is 32.2. The molecule has 0 unspecified atom stereocenters. The van der Waals surface area contributed by atoms with E-state index in [1.165, 1.54) is 16.9 Å². The number of nitrogens with zero attached hydrogens (tertiary/aromatic N) is 4. The van der Waals surface area contributed by atoms with Crippen molar-refractivity contribution in [2.24, 2.45) is 0 Å². The van der Waals surface area contributed by atoms with Gasteiger partial charge in [0.25, 0.3) is 0 Å². The lowest BCUT2D eigenvalue weighted by atomic mass is 10.2. The maximum Gasteiger partial charge on any atom is 0.230 e. The maximum atomic E-state index is 15.1. The Morgan fingerprint density at radius 3 is 2.55 bits per heavy atom. The van der Waals surface area contributed by atoms with E-state index in [9.17, 15) is 8.42 Å². The van der Waals surface area contributed by atoms with E-state index in [1.807, 2.05) is 6.92 Å². The van der Waals surface area contributed by atoms with Gasteiger partial charge in [0.05, 0.1) is 30.9 Å². The molecule has 4 aromatic rings. The molecule has 0 atom stereocenters. The van der Waals surface area contributed by atoms with Crippen LogP contribution in [0.2, 0.25) is 0 Å². The van der Waals surface area contributed by atoms with Gasteiger partial charge in [0.2, 0.25) is 15.9 Å². The Morgan fingerprint density at radius 2 is 1.82 bits per heavy atom. The first-order chi connectivity index (χ1) is 18.2. The molecule has 202 valence electrons. The summed E-state index contributed by atoms with van der Waals surface area (Å²) in [5.41, 5.74) is 2.12. The Kier molecular flexibility index (Phi) is 7.37. The van der Waals surface area contributed by atoms with Crippen LogP contribution in [-0.4, -0.2) is 85.3 Å². The third-order valence-electron chi connectivity index (χ3n) is 6.60. The highest BCUT2D eigenvalue weighted by molar-refractivity contribution is 7.88. The second-order valence-corrected chi connectivity index (χ2v) is 11.3. The molecule has 0 amide bonds. The number of nitrogens with one attached hydrogen (secondary N) is 1. The fourth-order valence-corrected chi connectivity index (χ4v) is 5.45. The monoisotopic (exact) mass is 543 g/mol. The smallest absolute Gasteiger partial charge is 0.230 e. The van der Waals surface area contributed by atoms with Gasteiger partial charge in [-0.3, -0.25) is 0 Å². The molecule has 0 radical (unpaired) electrons. The lowest BCUT2D eigenvalue weighted by molar-refractivity contribution is 0.174. The van der Waals surface area contributed by atoms with Gasteiger partial charge < -0.3 is 24.1 Å². The minimum atomic E-state index is -3.14. The van der Waals surface area contributed by atoms with Crippen molar-refractivity contribution in [1.29, 1.82) is 0 Å². The molecule has 1 N–H and O–H groups in total. The number of aromatic nitrogens is 3. The summed E-state index contributed by atoms with van der Waals surface area (Å²) >= 11 is 0. The molecular weight excluding hydrogens is 513 g/mol. The van der Waals surface area contributed by atoms with Crippen LogP contribution in [0.15, 0.2) is 36.7 Å². The molecule has 38 heavy (non-hydrogen) atoms. The number of rotatable bonds is 9. The average molecular weight is 544 g/mol. The van der Waals surface area contributed by atoms with Crippen molar-refractivity contribution in [1.82, 2.24) is 24.2 Å². The number of aryl methyl sites for hydroxylation is 1. The van der Waals surface area contributed by atoms with E-state index in [4.69, 9.17) is 14.2 Å². The molecule has 1 aliphatic rings. The summed E-state index contributed by atoms with van der Waals surface area (Å²) < 4.78 is 57.4. The number of hydrogen-bond donors (Lipinski definition) is 1. The maximum absolute atomic E-state index is 15.1. The van der Waals surface area contributed by atoms with Gasteiger partial charge in [-0.15, -0.1) is 0 Å². The highest BCUT2D eigenvalue weighted by Crippen LogP contribution is 2.37. The largest absolute Gasteiger partial charge is 0.493 e. The SMILES string of the molecule is COc1cc2c(Oc3ccc4[nH]c(C)cc4c3F)ncnc2cc1OCCCN1CCN(S(C)(=O)=O)CC1. The van der Waals surface area contributed by atoms with Crippen LogP contribution in [0.4, 0.5) is 4.39 Å². The molecule has 1 fully saturated rings. The van der Waals surface area contributed by atoms with E-state index in [1.54, 1.807) is 37.4 Å². The van der Waals surface area contributed by atoms with E-state index < -0.39 is 15.8 Å². The van der Waals surface area contributed by atoms with Crippen LogP contribution in [-0.2, 0) is 10.0 Å². The van der Waals surface area contributed by atoms with Crippen LogP contribution in [0.3, 0.4) is 0 Å². The second kappa shape index (κ2) is 10.7. The van der Waals surface area contributed by atoms with Gasteiger partial charge in [0.1, 0.15) is 6.33 Å². The molecule has 3 heterocycles. The summed E-state index contributed by atoms with van der Waals surface area (Å²) in [6.07, 6.45) is 3.37. The number of hydrogen-bond acceptors (Lipinski definition) is 8. The van der Waals surface area contributed by atoms with Crippen LogP contribution in [0.25, 0.3) is 21.8 Å². The van der Waals surface area contributed by atoms with Crippen LogP contribution < -0.4 is 14.2 Å². The molecule has 2 aromatic heterocycles. The number of piperazine rings is 1. The molecule has 12 heteroatoms. The van der Waals surface area contributed by atoms with E-state index in [-0.39, 0.29) is 11.6 Å². The number of aromatic amines is 1. The molecule has 2 aromatic carbocycles. The quantitative estimate of drug-likeness (QED) is 0.318. The lowest BCUT2D eigenvalue weighted by Crippen LogP contribution is -2.48. The first kappa shape index (κ1) is 26.1. The lowest BCUT2D eigenvalue weighted by Gasteiger charge is -2.33. The zero-order chi connectivity index (χ0) is 26.9. The number of sulfonamides is 1. The molecule has 5 rings (SSSR count). The van der Waals surface area contributed by atoms with Crippen LogP contribution >= 0.6 is 0 Å². The fraction of sp³-hybridized carbons (Fsp3) is 0.385. The average Bonchev–Trinajstić information content (AvgIpc) is 3.29. The molecule has 0 saturated carbocycles. The Bertz CT molecular complexity index is 1570. The zero-order valence-electron chi connectivity index (χ0n) is 21.5. The normalized spacial score (nSPS) is 15.3. The predicted molar refractivity (Wildman–Crippen MR) is 142 cm³/mol. The number of ether oxygens (including phenoxy) is 3. The summed E-state index contributed by atoms with van der Waals surface area (Å²) in [4.78, 5) is 13.9. The van der Waals surface area contributed by atoms with Crippen molar-refractivity contribution in [3.8, 4) is 23.1 Å². The molecule has 0 bridgehead atoms. The number of methoxy groups -OCH3 is 1. The Labute approximate surface area is 220 Å². The van der Waals surface area contributed by atoms with Crippen LogP contribution in [0.1, 0.15) is 12.1 Å². The fourth-order valence-electron chi connectivity index (χ4n) is 4.62. The van der Waals surface area contributed by atoms with Crippen molar-refractivity contribution in [3.05, 3.63) is 48.2 Å². The topological polar surface area (TPSA) is 110 Å². The van der Waals surface area contributed by atoms with Gasteiger partial charge in [-0.1, -0.05) is 0 Å². The van der Waals surface area contributed by atoms with Gasteiger partial charge in [0.15, 0.2) is 23.1 Å². The third kappa shape index (κ3) is 5.52. The van der Waals surface area contributed by atoms with Gasteiger partial charge in [-0.05, 0) is 37.6 Å². The molecule has 10 nitrogen and oxygen atoms in total. The predicted octanol–water partition coefficient (Wildman–Crippen LogP) is 3.71. The van der Waals surface area contributed by atoms with Gasteiger partial charge in [-0.25, -0.2) is 22.8 Å². The van der Waals surface area contributed by atoms with E-state index in [2.05, 4.69) is 19.9 Å². The Balaban J connectivity index is 1.26. The third-order valence-corrected chi connectivity index (χ3v) is 7.91. The van der Waals surface area contributed by atoms with Crippen LogP contribution in [0.5, 0.6) is 23.1 Å². The van der Waals surface area contributed by atoms with Crippen molar-refractivity contribution >= 4 is 31.8 Å². The zero-order valence-corrected chi connectivity index (χ0v) is 22.3. The molecule has 0 aliphatic carbocycles. The first-order valence-electron chi connectivity index (χ1n) is 12.3. The number of fused-ring (bicyclic) bond motifs is 2. The van der Waals surface area contributed by atoms with E-state index >= 15 is 4.39 Å². The molecule has 0 spiro atoms. The first-order valence-corrected chi connectivity index (χ1v) is 14.2. The van der Waals surface area contributed by atoms with Crippen molar-refractivity contribution in [2.45, 2.75) is 13.3 Å². The van der Waals surface area contributed by atoms with Gasteiger partial charge in [0, 0.05) is 55.4 Å². The van der Waals surface area contributed by atoms with Crippen molar-refractivity contribution < 1.29 is 27.0 Å². The Hall–Kier alpha value is -3.48. The molecule has 1 saturated heterocycles. The molecular formula is C26H30FN5O5S. The number of H-pyrrole nitrogens is 1. The minimum absolute atomic E-state index is 0.0631. The number of halogens is 1. The summed E-state index contributed by atoms with van der Waals surface area (Å²) in [6.45, 7) is 5.52. The highest BCUT2D eigenvalue weighted by Gasteiger charge is 2.23. The minimum Gasteiger partial charge on any atom is -0.493 e. The summed E-state index contributed by atoms with van der Waals surface area (Å²) in [6, 6.07) is 8.54. The van der Waals surface area contributed by atoms with Gasteiger partial charge >= 0.3 is 0 Å². The van der Waals surface area contributed by atoms with E-state index in [0.29, 0.717) is 66.1 Å². The number of benzene rings is 2. The van der Waals surface area contributed by atoms with E-state index in [0.717, 1.165) is 18.7 Å². The standard InChI is InChI=1S/C26H30FN5O5S/c1-17-13-18-20(30-17)5-6-22(25(18)27)37-26-19-14-23(35-2)24(15-21(19)28-16-29-26)36-12-4-7-31-8-10-32(11-9-31)38(3,33)34/h5-6,13-16,30H,4,7-12H2,1-3H3. The van der Waals surface area contributed by atoms with Gasteiger partial charge in [-0.2, -0.15) is 4.31 Å².